The van der Waals surface area contributed by atoms with Crippen LogP contribution in [0.4, 0.5) is 0 Å². The molecule has 0 radical (unpaired) electrons. The molecular formula is C11H18N2S. The minimum Gasteiger partial charge on any atom is -0.328 e. The van der Waals surface area contributed by atoms with Gasteiger partial charge in [0.15, 0.2) is 0 Å². The third-order valence-corrected chi connectivity index (χ3v) is 3.99. The fourth-order valence-corrected chi connectivity index (χ4v) is 2.91. The van der Waals surface area contributed by atoms with Gasteiger partial charge < -0.3 is 5.73 Å². The molecule has 3 heteroatoms. The molecule has 2 rings (SSSR count). The average molecular weight is 210 g/mol. The first kappa shape index (κ1) is 10.1. The van der Waals surface area contributed by atoms with E-state index >= 15 is 0 Å². The van der Waals surface area contributed by atoms with Gasteiger partial charge in [-0.2, -0.15) is 0 Å². The van der Waals surface area contributed by atoms with Crippen LogP contribution in [0.25, 0.3) is 0 Å². The van der Waals surface area contributed by atoms with Crippen LogP contribution >= 0.6 is 11.3 Å². The van der Waals surface area contributed by atoms with Gasteiger partial charge in [-0.25, -0.2) is 4.98 Å². The minimum absolute atomic E-state index is 0.426. The molecule has 1 fully saturated rings. The lowest BCUT2D eigenvalue weighted by Gasteiger charge is -2.32. The number of hydrogen-bond donors (Lipinski definition) is 1. The maximum Gasteiger partial charge on any atom is 0.0794 e. The van der Waals surface area contributed by atoms with Gasteiger partial charge in [-0.15, -0.1) is 11.3 Å². The topological polar surface area (TPSA) is 38.9 Å². The van der Waals surface area contributed by atoms with Crippen molar-refractivity contribution in [2.24, 2.45) is 17.6 Å². The van der Waals surface area contributed by atoms with Crippen LogP contribution in [-0.2, 0) is 6.42 Å². The zero-order valence-electron chi connectivity index (χ0n) is 8.65. The molecule has 14 heavy (non-hydrogen) atoms. The van der Waals surface area contributed by atoms with Crippen molar-refractivity contribution >= 4 is 11.3 Å². The molecule has 3 unspecified atom stereocenters. The second-order valence-electron chi connectivity index (χ2n) is 4.49. The molecule has 0 saturated heterocycles. The highest BCUT2D eigenvalue weighted by molar-refractivity contribution is 7.07. The Kier molecular flexibility index (Phi) is 3.19. The lowest BCUT2D eigenvalue weighted by molar-refractivity contribution is 0.230. The summed E-state index contributed by atoms with van der Waals surface area (Å²) < 4.78 is 0. The predicted octanol–water partition coefficient (Wildman–Crippen LogP) is 2.45. The fourth-order valence-electron chi connectivity index (χ4n) is 2.34. The molecule has 1 aromatic rings. The number of nitrogens with two attached hydrogens (primary N) is 1. The van der Waals surface area contributed by atoms with Crippen molar-refractivity contribution in [3.63, 3.8) is 0 Å². The van der Waals surface area contributed by atoms with Gasteiger partial charge in [-0.3, -0.25) is 0 Å². The molecule has 1 heterocycles. The van der Waals surface area contributed by atoms with Gasteiger partial charge in [0.05, 0.1) is 11.2 Å². The zero-order chi connectivity index (χ0) is 9.97. The van der Waals surface area contributed by atoms with Crippen molar-refractivity contribution in [2.75, 3.05) is 0 Å². The van der Waals surface area contributed by atoms with E-state index in [-0.39, 0.29) is 0 Å². The monoisotopic (exact) mass is 210 g/mol. The Balaban J connectivity index is 1.95. The van der Waals surface area contributed by atoms with E-state index in [0.29, 0.717) is 6.04 Å². The molecule has 2 N–H and O–H groups in total. The molecule has 0 amide bonds. The van der Waals surface area contributed by atoms with E-state index in [4.69, 9.17) is 5.73 Å². The summed E-state index contributed by atoms with van der Waals surface area (Å²) in [7, 11) is 0. The first-order chi connectivity index (χ1) is 6.75. The summed E-state index contributed by atoms with van der Waals surface area (Å²) in [6.45, 7) is 2.35. The van der Waals surface area contributed by atoms with Gasteiger partial charge in [0.25, 0.3) is 0 Å². The number of rotatable bonds is 2. The maximum atomic E-state index is 6.00. The number of thiazole rings is 1. The second-order valence-corrected chi connectivity index (χ2v) is 5.21. The zero-order valence-corrected chi connectivity index (χ0v) is 9.46. The quantitative estimate of drug-likeness (QED) is 0.814. The summed E-state index contributed by atoms with van der Waals surface area (Å²) in [5.41, 5.74) is 9.17. The van der Waals surface area contributed by atoms with Crippen LogP contribution in [0.5, 0.6) is 0 Å². The van der Waals surface area contributed by atoms with Gasteiger partial charge >= 0.3 is 0 Å². The third-order valence-electron chi connectivity index (χ3n) is 3.36. The minimum atomic E-state index is 0.426. The van der Waals surface area contributed by atoms with Crippen LogP contribution in [0, 0.1) is 11.8 Å². The summed E-state index contributed by atoms with van der Waals surface area (Å²) in [5.74, 6) is 1.57. The second kappa shape index (κ2) is 4.41. The number of nitrogens with zero attached hydrogens (tertiary/aromatic N) is 1. The highest BCUT2D eigenvalue weighted by atomic mass is 32.1. The largest absolute Gasteiger partial charge is 0.328 e. The molecule has 1 saturated carbocycles. The molecule has 0 spiro atoms. The SMILES string of the molecule is CC1CCC(N)CC1Cc1cscn1. The molecule has 78 valence electrons. The Morgan fingerprint density at radius 3 is 3.14 bits per heavy atom. The summed E-state index contributed by atoms with van der Waals surface area (Å²) in [5, 5.41) is 2.16. The van der Waals surface area contributed by atoms with E-state index in [1.165, 1.54) is 25.0 Å². The fraction of sp³-hybridized carbons (Fsp3) is 0.727. The maximum absolute atomic E-state index is 6.00. The van der Waals surface area contributed by atoms with Crippen LogP contribution in [-0.4, -0.2) is 11.0 Å². The molecule has 3 atom stereocenters. The third kappa shape index (κ3) is 2.34. The van der Waals surface area contributed by atoms with Crippen LogP contribution < -0.4 is 5.73 Å². The molecule has 0 aliphatic heterocycles. The summed E-state index contributed by atoms with van der Waals surface area (Å²) in [4.78, 5) is 4.35. The van der Waals surface area contributed by atoms with Crippen LogP contribution in [0.15, 0.2) is 10.9 Å². The standard InChI is InChI=1S/C11H18N2S/c1-8-2-3-10(12)4-9(8)5-11-6-14-7-13-11/h6-10H,2-5,12H2,1H3. The highest BCUT2D eigenvalue weighted by Crippen LogP contribution is 2.31. The van der Waals surface area contributed by atoms with Crippen molar-refractivity contribution in [1.29, 1.82) is 0 Å². The summed E-state index contributed by atoms with van der Waals surface area (Å²) in [6, 6.07) is 0.426. The molecule has 2 nitrogen and oxygen atoms in total. The Hall–Kier alpha value is -0.410. The summed E-state index contributed by atoms with van der Waals surface area (Å²) in [6.07, 6.45) is 4.79. The van der Waals surface area contributed by atoms with Crippen LogP contribution in [0.3, 0.4) is 0 Å². The average Bonchev–Trinajstić information content (AvgIpc) is 2.64. The highest BCUT2D eigenvalue weighted by Gasteiger charge is 2.26. The van der Waals surface area contributed by atoms with E-state index in [2.05, 4.69) is 17.3 Å². The van der Waals surface area contributed by atoms with Crippen molar-refractivity contribution in [2.45, 2.75) is 38.6 Å². The lowest BCUT2D eigenvalue weighted by atomic mass is 9.76. The summed E-state index contributed by atoms with van der Waals surface area (Å²) >= 11 is 1.69. The Bertz CT molecular complexity index is 271. The predicted molar refractivity (Wildman–Crippen MR) is 60.3 cm³/mol. The van der Waals surface area contributed by atoms with Gasteiger partial charge in [-0.05, 0) is 37.5 Å². The van der Waals surface area contributed by atoms with Crippen molar-refractivity contribution in [3.8, 4) is 0 Å². The van der Waals surface area contributed by atoms with Gasteiger partial charge in [0.1, 0.15) is 0 Å². The van der Waals surface area contributed by atoms with Gasteiger partial charge in [0, 0.05) is 11.4 Å². The Labute approximate surface area is 89.5 Å². The van der Waals surface area contributed by atoms with E-state index in [1.807, 2.05) is 5.51 Å². The van der Waals surface area contributed by atoms with E-state index < -0.39 is 0 Å². The van der Waals surface area contributed by atoms with E-state index in [1.54, 1.807) is 11.3 Å². The molecule has 0 aromatic carbocycles. The Morgan fingerprint density at radius 1 is 1.57 bits per heavy atom. The molecular weight excluding hydrogens is 192 g/mol. The molecule has 0 bridgehead atoms. The van der Waals surface area contributed by atoms with E-state index in [0.717, 1.165) is 18.3 Å². The lowest BCUT2D eigenvalue weighted by Crippen LogP contribution is -2.33. The van der Waals surface area contributed by atoms with Crippen LogP contribution in [0.1, 0.15) is 31.9 Å². The van der Waals surface area contributed by atoms with Crippen molar-refractivity contribution in [1.82, 2.24) is 4.98 Å². The number of aromatic nitrogens is 1. The molecule has 1 aliphatic carbocycles. The van der Waals surface area contributed by atoms with Crippen molar-refractivity contribution in [3.05, 3.63) is 16.6 Å². The smallest absolute Gasteiger partial charge is 0.0794 e. The van der Waals surface area contributed by atoms with Crippen LogP contribution in [0.2, 0.25) is 0 Å². The normalized spacial score (nSPS) is 33.1. The molecule has 1 aliphatic rings. The van der Waals surface area contributed by atoms with Crippen molar-refractivity contribution < 1.29 is 0 Å². The van der Waals surface area contributed by atoms with Gasteiger partial charge in [0.2, 0.25) is 0 Å². The first-order valence-electron chi connectivity index (χ1n) is 5.38. The number of hydrogen-bond acceptors (Lipinski definition) is 3. The van der Waals surface area contributed by atoms with E-state index in [9.17, 15) is 0 Å². The Morgan fingerprint density at radius 2 is 2.43 bits per heavy atom. The molecule has 1 aromatic heterocycles. The van der Waals surface area contributed by atoms with Gasteiger partial charge in [-0.1, -0.05) is 6.92 Å². The first-order valence-corrected chi connectivity index (χ1v) is 6.32.